The molecule has 0 radical (unpaired) electrons. The van der Waals surface area contributed by atoms with Gasteiger partial charge in [-0.2, -0.15) is 0 Å². The van der Waals surface area contributed by atoms with Gasteiger partial charge in [0.05, 0.1) is 0 Å². The van der Waals surface area contributed by atoms with E-state index in [-0.39, 0.29) is 0 Å². The van der Waals surface area contributed by atoms with E-state index in [1.165, 1.54) is 11.1 Å². The molecule has 3 aromatic carbocycles. The molecule has 3 rings (SSSR count). The molecule has 0 fully saturated rings. The lowest BCUT2D eigenvalue weighted by Gasteiger charge is -2.00. The van der Waals surface area contributed by atoms with Crippen LogP contribution >= 0.6 is 12.6 Å². The number of thiol groups is 1. The van der Waals surface area contributed by atoms with Crippen LogP contribution in [0.15, 0.2) is 95.9 Å². The topological polar surface area (TPSA) is 0 Å². The normalized spacial score (nSPS) is 9.45. The van der Waals surface area contributed by atoms with Crippen LogP contribution < -0.4 is 0 Å². The highest BCUT2D eigenvalue weighted by molar-refractivity contribution is 7.80. The highest BCUT2D eigenvalue weighted by Gasteiger charge is 1.92. The van der Waals surface area contributed by atoms with Crippen molar-refractivity contribution in [2.45, 2.75) is 11.3 Å². The van der Waals surface area contributed by atoms with Gasteiger partial charge in [0, 0.05) is 4.90 Å². The Bertz CT molecular complexity index is 551. The minimum Gasteiger partial charge on any atom is -0.143 e. The molecule has 3 aromatic rings. The number of rotatable bonds is 2. The first kappa shape index (κ1) is 14.4. The van der Waals surface area contributed by atoms with E-state index in [0.29, 0.717) is 0 Å². The van der Waals surface area contributed by atoms with Crippen molar-refractivity contribution in [3.8, 4) is 0 Å². The molecule has 0 spiro atoms. The number of hydrogen-bond donors (Lipinski definition) is 1. The van der Waals surface area contributed by atoms with Crippen LogP contribution in [-0.2, 0) is 6.42 Å². The van der Waals surface area contributed by atoms with Crippen molar-refractivity contribution in [3.63, 3.8) is 0 Å². The van der Waals surface area contributed by atoms with Gasteiger partial charge in [-0.15, -0.1) is 12.6 Å². The molecule has 0 aliphatic heterocycles. The first-order valence-corrected chi connectivity index (χ1v) is 7.11. The molecule has 0 saturated heterocycles. The summed E-state index contributed by atoms with van der Waals surface area (Å²) in [6.45, 7) is 0. The molecule has 100 valence electrons. The molecule has 0 saturated carbocycles. The fourth-order valence-corrected chi connectivity index (χ4v) is 2.03. The van der Waals surface area contributed by atoms with Gasteiger partial charge in [-0.3, -0.25) is 0 Å². The molecule has 0 heterocycles. The van der Waals surface area contributed by atoms with Crippen molar-refractivity contribution in [3.05, 3.63) is 102 Å². The second-order valence-corrected chi connectivity index (χ2v) is 5.00. The van der Waals surface area contributed by atoms with Crippen molar-refractivity contribution >= 4 is 12.6 Å². The van der Waals surface area contributed by atoms with Crippen LogP contribution in [-0.4, -0.2) is 0 Å². The molecule has 0 atom stereocenters. The average molecular weight is 278 g/mol. The summed E-state index contributed by atoms with van der Waals surface area (Å²) in [6, 6.07) is 30.9. The van der Waals surface area contributed by atoms with E-state index in [4.69, 9.17) is 0 Å². The highest BCUT2D eigenvalue weighted by atomic mass is 32.1. The Hall–Kier alpha value is -1.99. The Morgan fingerprint density at radius 2 is 0.850 bits per heavy atom. The van der Waals surface area contributed by atoms with Gasteiger partial charge >= 0.3 is 0 Å². The van der Waals surface area contributed by atoms with Crippen LogP contribution in [0.3, 0.4) is 0 Å². The highest BCUT2D eigenvalue weighted by Crippen LogP contribution is 2.07. The molecule has 0 aliphatic carbocycles. The van der Waals surface area contributed by atoms with E-state index < -0.39 is 0 Å². The average Bonchev–Trinajstić information content (AvgIpc) is 2.51. The first-order valence-electron chi connectivity index (χ1n) is 6.66. The van der Waals surface area contributed by atoms with Gasteiger partial charge in [0.25, 0.3) is 0 Å². The Balaban J connectivity index is 0.000000178. The minimum absolute atomic E-state index is 1.02. The van der Waals surface area contributed by atoms with Crippen LogP contribution in [0, 0.1) is 0 Å². The molecule has 0 nitrogen and oxygen atoms in total. The summed E-state index contributed by atoms with van der Waals surface area (Å²) >= 11 is 4.08. The van der Waals surface area contributed by atoms with Crippen LogP contribution in [0.2, 0.25) is 0 Å². The molecular weight excluding hydrogens is 260 g/mol. The second kappa shape index (κ2) is 8.23. The van der Waals surface area contributed by atoms with Gasteiger partial charge in [0.15, 0.2) is 0 Å². The molecule has 0 unspecified atom stereocenters. The van der Waals surface area contributed by atoms with Gasteiger partial charge < -0.3 is 0 Å². The SMILES string of the molecule is Sc1ccccc1.c1ccc(Cc2ccccc2)cc1. The summed E-state index contributed by atoms with van der Waals surface area (Å²) < 4.78 is 0. The number of benzene rings is 3. The first-order chi connectivity index (χ1) is 9.84. The fraction of sp³-hybridized carbons (Fsp3) is 0.0526. The molecule has 0 bridgehead atoms. The monoisotopic (exact) mass is 278 g/mol. The summed E-state index contributed by atoms with van der Waals surface area (Å²) in [5, 5.41) is 0. The van der Waals surface area contributed by atoms with E-state index in [0.717, 1.165) is 11.3 Å². The summed E-state index contributed by atoms with van der Waals surface area (Å²) in [4.78, 5) is 1.02. The lowest BCUT2D eigenvalue weighted by Crippen LogP contribution is -1.85. The quantitative estimate of drug-likeness (QED) is 0.608. The second-order valence-electron chi connectivity index (χ2n) is 4.48. The minimum atomic E-state index is 1.02. The van der Waals surface area contributed by atoms with E-state index in [1.807, 2.05) is 30.3 Å². The fourth-order valence-electron chi connectivity index (χ4n) is 1.86. The van der Waals surface area contributed by atoms with Gasteiger partial charge in [-0.25, -0.2) is 0 Å². The van der Waals surface area contributed by atoms with E-state index in [2.05, 4.69) is 73.3 Å². The van der Waals surface area contributed by atoms with Gasteiger partial charge in [0.2, 0.25) is 0 Å². The third-order valence-electron chi connectivity index (χ3n) is 2.85. The van der Waals surface area contributed by atoms with Crippen molar-refractivity contribution in [2.24, 2.45) is 0 Å². The lowest BCUT2D eigenvalue weighted by atomic mass is 10.1. The van der Waals surface area contributed by atoms with E-state index in [9.17, 15) is 0 Å². The number of hydrogen-bond acceptors (Lipinski definition) is 1. The third kappa shape index (κ3) is 5.33. The maximum atomic E-state index is 4.08. The standard InChI is InChI=1S/C13H12.C6H6S/c1-3-7-12(8-4-1)11-13-9-5-2-6-10-13;7-6-4-2-1-3-5-6/h1-10H,11H2;1-5,7H. The Morgan fingerprint density at radius 3 is 1.15 bits per heavy atom. The molecule has 0 aromatic heterocycles. The summed E-state index contributed by atoms with van der Waals surface area (Å²) in [7, 11) is 0. The molecular formula is C19H18S. The van der Waals surface area contributed by atoms with E-state index in [1.54, 1.807) is 0 Å². The third-order valence-corrected chi connectivity index (χ3v) is 3.15. The van der Waals surface area contributed by atoms with E-state index >= 15 is 0 Å². The predicted molar refractivity (Wildman–Crippen MR) is 89.4 cm³/mol. The predicted octanol–water partition coefficient (Wildman–Crippen LogP) is 5.25. The molecule has 20 heavy (non-hydrogen) atoms. The Kier molecular flexibility index (Phi) is 5.94. The van der Waals surface area contributed by atoms with Crippen molar-refractivity contribution < 1.29 is 0 Å². The molecule has 0 aliphatic rings. The van der Waals surface area contributed by atoms with Gasteiger partial charge in [-0.1, -0.05) is 78.9 Å². The van der Waals surface area contributed by atoms with Crippen LogP contribution in [0.25, 0.3) is 0 Å². The molecule has 1 heteroatoms. The largest absolute Gasteiger partial charge is 0.143 e. The van der Waals surface area contributed by atoms with Crippen molar-refractivity contribution in [1.29, 1.82) is 0 Å². The van der Waals surface area contributed by atoms with Gasteiger partial charge in [-0.05, 0) is 29.7 Å². The smallest absolute Gasteiger partial charge is 0.00399 e. The van der Waals surface area contributed by atoms with Crippen LogP contribution in [0.4, 0.5) is 0 Å². The summed E-state index contributed by atoms with van der Waals surface area (Å²) in [5.74, 6) is 0. The summed E-state index contributed by atoms with van der Waals surface area (Å²) in [5.41, 5.74) is 2.74. The van der Waals surface area contributed by atoms with Crippen molar-refractivity contribution in [1.82, 2.24) is 0 Å². The Morgan fingerprint density at radius 1 is 0.500 bits per heavy atom. The maximum absolute atomic E-state index is 4.08. The Labute approximate surface area is 126 Å². The van der Waals surface area contributed by atoms with Crippen molar-refractivity contribution in [2.75, 3.05) is 0 Å². The lowest BCUT2D eigenvalue weighted by molar-refractivity contribution is 1.19. The zero-order valence-electron chi connectivity index (χ0n) is 11.3. The van der Waals surface area contributed by atoms with Crippen LogP contribution in [0.5, 0.6) is 0 Å². The van der Waals surface area contributed by atoms with Gasteiger partial charge in [0.1, 0.15) is 0 Å². The zero-order valence-corrected chi connectivity index (χ0v) is 12.2. The molecule has 0 amide bonds. The maximum Gasteiger partial charge on any atom is 0.00399 e. The van der Waals surface area contributed by atoms with Crippen LogP contribution in [0.1, 0.15) is 11.1 Å². The molecule has 0 N–H and O–H groups in total. The zero-order chi connectivity index (χ0) is 14.0. The summed E-state index contributed by atoms with van der Waals surface area (Å²) in [6.07, 6.45) is 1.03.